The number of morpholine rings is 1. The van der Waals surface area contributed by atoms with Gasteiger partial charge in [-0.15, -0.1) is 0 Å². The SMILES string of the molecule is C=NN(C(=N)C(C)=C(O)c1cc2cc(C)c(N3CCOCC3)cc2[nH]1)c1ccc(Oc2ccccc2F)cc1C. The zero-order chi connectivity index (χ0) is 28.4. The van der Waals surface area contributed by atoms with E-state index >= 15 is 0 Å². The molecule has 0 amide bonds. The Bertz CT molecular complexity index is 1620. The highest BCUT2D eigenvalue weighted by Gasteiger charge is 2.21. The third kappa shape index (κ3) is 5.28. The Kier molecular flexibility index (Phi) is 7.57. The van der Waals surface area contributed by atoms with Crippen molar-refractivity contribution in [1.82, 2.24) is 4.98 Å². The maximum Gasteiger partial charge on any atom is 0.165 e. The maximum atomic E-state index is 14.0. The molecule has 0 atom stereocenters. The minimum absolute atomic E-state index is 0.0396. The second-order valence-electron chi connectivity index (χ2n) is 9.76. The van der Waals surface area contributed by atoms with Gasteiger partial charge in [0.05, 0.1) is 24.6 Å². The molecule has 0 bridgehead atoms. The topological polar surface area (TPSA) is 97.2 Å². The molecule has 2 heterocycles. The molecule has 8 nitrogen and oxygen atoms in total. The fraction of sp³-hybridized carbons (Fsp3) is 0.226. The van der Waals surface area contributed by atoms with Gasteiger partial charge in [-0.25, -0.2) is 9.40 Å². The van der Waals surface area contributed by atoms with Crippen molar-refractivity contribution < 1.29 is 19.0 Å². The lowest BCUT2D eigenvalue weighted by Crippen LogP contribution is -2.36. The van der Waals surface area contributed by atoms with E-state index in [9.17, 15) is 9.50 Å². The third-order valence-electron chi connectivity index (χ3n) is 7.07. The van der Waals surface area contributed by atoms with Crippen LogP contribution in [0.2, 0.25) is 0 Å². The largest absolute Gasteiger partial charge is 0.505 e. The van der Waals surface area contributed by atoms with Gasteiger partial charge in [-0.05, 0) is 80.4 Å². The van der Waals surface area contributed by atoms with Crippen LogP contribution in [0.4, 0.5) is 15.8 Å². The number of benzene rings is 3. The van der Waals surface area contributed by atoms with Crippen LogP contribution in [0.1, 0.15) is 23.7 Å². The fourth-order valence-electron chi connectivity index (χ4n) is 4.88. The molecule has 0 aliphatic carbocycles. The number of halogens is 1. The summed E-state index contributed by atoms with van der Waals surface area (Å²) in [6.45, 7) is 12.3. The van der Waals surface area contributed by atoms with Gasteiger partial charge in [-0.1, -0.05) is 12.1 Å². The average Bonchev–Trinajstić information content (AvgIpc) is 3.37. The highest BCUT2D eigenvalue weighted by Crippen LogP contribution is 2.32. The van der Waals surface area contributed by atoms with Gasteiger partial charge in [-0.2, -0.15) is 5.10 Å². The van der Waals surface area contributed by atoms with Crippen molar-refractivity contribution in [2.24, 2.45) is 5.10 Å². The lowest BCUT2D eigenvalue weighted by atomic mass is 10.1. The van der Waals surface area contributed by atoms with Crippen molar-refractivity contribution in [3.63, 3.8) is 0 Å². The average molecular weight is 542 g/mol. The second-order valence-corrected chi connectivity index (χ2v) is 9.76. The number of amidine groups is 1. The third-order valence-corrected chi connectivity index (χ3v) is 7.07. The van der Waals surface area contributed by atoms with Crippen LogP contribution in [0.25, 0.3) is 16.7 Å². The quantitative estimate of drug-likeness (QED) is 0.102. The molecule has 0 saturated carbocycles. The number of hydrogen-bond acceptors (Lipinski definition) is 6. The van der Waals surface area contributed by atoms with E-state index in [-0.39, 0.29) is 17.3 Å². The number of para-hydroxylation sites is 1. The molecule has 3 aromatic carbocycles. The van der Waals surface area contributed by atoms with Crippen LogP contribution >= 0.6 is 0 Å². The molecule has 0 radical (unpaired) electrons. The van der Waals surface area contributed by atoms with Crippen LogP contribution in [0.5, 0.6) is 11.5 Å². The molecule has 1 fully saturated rings. The number of nitrogens with zero attached hydrogens (tertiary/aromatic N) is 3. The van der Waals surface area contributed by atoms with Gasteiger partial charge in [-0.3, -0.25) is 5.41 Å². The van der Waals surface area contributed by atoms with E-state index in [1.54, 1.807) is 43.3 Å². The highest BCUT2D eigenvalue weighted by atomic mass is 19.1. The van der Waals surface area contributed by atoms with Gasteiger partial charge in [0.15, 0.2) is 17.4 Å². The summed E-state index contributed by atoms with van der Waals surface area (Å²) in [5, 5.41) is 26.4. The van der Waals surface area contributed by atoms with Gasteiger partial charge in [0.1, 0.15) is 11.5 Å². The number of hydrogen-bond donors (Lipinski definition) is 3. The summed E-state index contributed by atoms with van der Waals surface area (Å²) in [6, 6.07) is 17.4. The summed E-state index contributed by atoms with van der Waals surface area (Å²) in [5.41, 5.74) is 5.31. The van der Waals surface area contributed by atoms with Gasteiger partial charge in [0.2, 0.25) is 0 Å². The van der Waals surface area contributed by atoms with E-state index in [2.05, 4.69) is 40.8 Å². The Morgan fingerprint density at radius 1 is 1.10 bits per heavy atom. The predicted molar refractivity (Wildman–Crippen MR) is 159 cm³/mol. The van der Waals surface area contributed by atoms with Gasteiger partial charge < -0.3 is 24.5 Å². The number of aromatic nitrogens is 1. The molecule has 206 valence electrons. The van der Waals surface area contributed by atoms with Crippen LogP contribution in [0.3, 0.4) is 0 Å². The Morgan fingerprint density at radius 2 is 1.85 bits per heavy atom. The summed E-state index contributed by atoms with van der Waals surface area (Å²) in [4.78, 5) is 5.61. The van der Waals surface area contributed by atoms with Gasteiger partial charge in [0, 0.05) is 42.0 Å². The Morgan fingerprint density at radius 3 is 2.55 bits per heavy atom. The van der Waals surface area contributed by atoms with Gasteiger partial charge in [0.25, 0.3) is 0 Å². The second kappa shape index (κ2) is 11.2. The molecule has 1 aromatic heterocycles. The van der Waals surface area contributed by atoms with Crippen molar-refractivity contribution in [3.05, 3.63) is 88.9 Å². The lowest BCUT2D eigenvalue weighted by Gasteiger charge is -2.30. The number of nitrogens with one attached hydrogen (secondary N) is 2. The van der Waals surface area contributed by atoms with E-state index in [0.29, 0.717) is 35.9 Å². The number of aromatic amines is 1. The molecule has 1 aliphatic rings. The first-order chi connectivity index (χ1) is 19.3. The van der Waals surface area contributed by atoms with Crippen molar-refractivity contribution in [3.8, 4) is 11.5 Å². The number of anilines is 2. The van der Waals surface area contributed by atoms with Crippen LogP contribution in [0.15, 0.2) is 71.3 Å². The Labute approximate surface area is 232 Å². The van der Waals surface area contributed by atoms with E-state index in [1.165, 1.54) is 11.1 Å². The molecule has 40 heavy (non-hydrogen) atoms. The van der Waals surface area contributed by atoms with E-state index in [4.69, 9.17) is 14.9 Å². The zero-order valence-corrected chi connectivity index (χ0v) is 22.8. The Hall–Kier alpha value is -4.63. The van der Waals surface area contributed by atoms with Crippen LogP contribution in [0, 0.1) is 25.1 Å². The number of H-pyrrole nitrogens is 1. The number of aliphatic hydroxyl groups is 1. The summed E-state index contributed by atoms with van der Waals surface area (Å²) < 4.78 is 25.2. The van der Waals surface area contributed by atoms with Crippen LogP contribution < -0.4 is 14.6 Å². The first kappa shape index (κ1) is 27.0. The molecule has 0 spiro atoms. The molecular formula is C31H32FN5O3. The number of aryl methyl sites for hydroxylation is 2. The van der Waals surface area contributed by atoms with Crippen molar-refractivity contribution in [2.75, 3.05) is 36.2 Å². The van der Waals surface area contributed by atoms with E-state index < -0.39 is 5.82 Å². The number of rotatable bonds is 7. The van der Waals surface area contributed by atoms with Crippen LogP contribution in [-0.4, -0.2) is 48.9 Å². The van der Waals surface area contributed by atoms with Gasteiger partial charge >= 0.3 is 0 Å². The standard InChI is InChI=1S/C31H32FN5O3/c1-19-15-22-17-26(35-25(22)18-28(19)36-11-13-39-14-12-36)30(38)21(3)31(33)37(34-4)27-10-9-23(16-20(27)2)40-29-8-6-5-7-24(29)32/h5-10,15-18,33,35,38H,4,11-14H2,1-3H3. The highest BCUT2D eigenvalue weighted by molar-refractivity contribution is 6.11. The van der Waals surface area contributed by atoms with E-state index in [1.807, 2.05) is 13.0 Å². The minimum Gasteiger partial charge on any atom is -0.505 e. The minimum atomic E-state index is -0.457. The summed E-state index contributed by atoms with van der Waals surface area (Å²) in [7, 11) is 0. The predicted octanol–water partition coefficient (Wildman–Crippen LogP) is 6.94. The number of fused-ring (bicyclic) bond motifs is 1. The number of hydrazone groups is 1. The summed E-state index contributed by atoms with van der Waals surface area (Å²) in [6.07, 6.45) is 0. The molecule has 0 unspecified atom stereocenters. The number of ether oxygens (including phenoxy) is 2. The van der Waals surface area contributed by atoms with Crippen LogP contribution in [-0.2, 0) is 4.74 Å². The molecule has 3 N–H and O–H groups in total. The van der Waals surface area contributed by atoms with Crippen molar-refractivity contribution in [2.45, 2.75) is 20.8 Å². The zero-order valence-electron chi connectivity index (χ0n) is 22.8. The number of aliphatic hydroxyl groups excluding tert-OH is 1. The molecular weight excluding hydrogens is 509 g/mol. The van der Waals surface area contributed by atoms with E-state index in [0.717, 1.165) is 40.8 Å². The molecule has 5 rings (SSSR count). The Balaban J connectivity index is 1.40. The fourth-order valence-corrected chi connectivity index (χ4v) is 4.88. The first-order valence-corrected chi connectivity index (χ1v) is 13.0. The summed E-state index contributed by atoms with van der Waals surface area (Å²) >= 11 is 0. The molecule has 1 aliphatic heterocycles. The first-order valence-electron chi connectivity index (χ1n) is 13.0. The monoisotopic (exact) mass is 541 g/mol. The molecule has 9 heteroatoms. The normalized spacial score (nSPS) is 14.2. The lowest BCUT2D eigenvalue weighted by molar-refractivity contribution is 0.122. The molecule has 1 saturated heterocycles. The smallest absolute Gasteiger partial charge is 0.165 e. The summed E-state index contributed by atoms with van der Waals surface area (Å²) in [5.74, 6) is 0.0121. The van der Waals surface area contributed by atoms with Crippen molar-refractivity contribution >= 4 is 40.6 Å². The molecule has 4 aromatic rings. The van der Waals surface area contributed by atoms with Crippen molar-refractivity contribution in [1.29, 1.82) is 5.41 Å². The maximum absolute atomic E-state index is 14.0.